The molecule has 0 N–H and O–H groups in total. The van der Waals surface area contributed by atoms with Crippen molar-refractivity contribution in [2.24, 2.45) is 0 Å². The smallest absolute Gasteiger partial charge is 0.221 e. The van der Waals surface area contributed by atoms with Gasteiger partial charge in [-0.1, -0.05) is 29.8 Å². The second-order valence-corrected chi connectivity index (χ2v) is 7.65. The van der Waals surface area contributed by atoms with Gasteiger partial charge in [-0.25, -0.2) is 13.8 Å². The Morgan fingerprint density at radius 2 is 1.87 bits per heavy atom. The average Bonchev–Trinajstić information content (AvgIpc) is 3.23. The molecule has 0 spiro atoms. The monoisotopic (exact) mass is 440 g/mol. The SMILES string of the molecule is O=C([O-])c1cc(F)cc(C2=C(c3cc(Cl)cnc3OCc3ccccc3F)CCC2)c1. The van der Waals surface area contributed by atoms with Gasteiger partial charge in [0.25, 0.3) is 0 Å². The van der Waals surface area contributed by atoms with E-state index in [-0.39, 0.29) is 23.9 Å². The first-order valence-electron chi connectivity index (χ1n) is 9.69. The Morgan fingerprint density at radius 3 is 2.65 bits per heavy atom. The summed E-state index contributed by atoms with van der Waals surface area (Å²) in [5.41, 5.74) is 2.88. The Kier molecular flexibility index (Phi) is 6.00. The second-order valence-electron chi connectivity index (χ2n) is 7.21. The van der Waals surface area contributed by atoms with E-state index in [0.717, 1.165) is 23.6 Å². The van der Waals surface area contributed by atoms with Crippen molar-refractivity contribution in [3.63, 3.8) is 0 Å². The minimum Gasteiger partial charge on any atom is -0.545 e. The maximum Gasteiger partial charge on any atom is 0.221 e. The van der Waals surface area contributed by atoms with E-state index in [1.165, 1.54) is 24.4 Å². The zero-order chi connectivity index (χ0) is 22.0. The third-order valence-electron chi connectivity index (χ3n) is 5.16. The van der Waals surface area contributed by atoms with Gasteiger partial charge in [0.1, 0.15) is 18.2 Å². The number of rotatable bonds is 6. The fourth-order valence-electron chi connectivity index (χ4n) is 3.76. The van der Waals surface area contributed by atoms with Gasteiger partial charge < -0.3 is 14.6 Å². The third-order valence-corrected chi connectivity index (χ3v) is 5.37. The number of halogens is 3. The van der Waals surface area contributed by atoms with Crippen molar-refractivity contribution in [2.45, 2.75) is 25.9 Å². The number of hydrogen-bond donors (Lipinski definition) is 0. The molecule has 1 heterocycles. The molecular weight excluding hydrogens is 424 g/mol. The van der Waals surface area contributed by atoms with Gasteiger partial charge in [0, 0.05) is 22.9 Å². The van der Waals surface area contributed by atoms with E-state index in [4.69, 9.17) is 16.3 Å². The topological polar surface area (TPSA) is 62.2 Å². The number of hydrogen-bond acceptors (Lipinski definition) is 4. The van der Waals surface area contributed by atoms with Gasteiger partial charge in [0.2, 0.25) is 5.88 Å². The van der Waals surface area contributed by atoms with Crippen LogP contribution in [-0.4, -0.2) is 11.0 Å². The predicted octanol–water partition coefficient (Wildman–Crippen LogP) is 5.05. The molecule has 0 saturated heterocycles. The molecular formula is C24H17ClF2NO3-. The Bertz CT molecular complexity index is 1190. The van der Waals surface area contributed by atoms with Gasteiger partial charge in [0.15, 0.2) is 0 Å². The molecule has 158 valence electrons. The molecule has 0 atom stereocenters. The minimum absolute atomic E-state index is 0.0221. The van der Waals surface area contributed by atoms with Crippen LogP contribution in [0, 0.1) is 11.6 Å². The number of carboxylic acid groups (broad SMARTS) is 1. The van der Waals surface area contributed by atoms with Crippen LogP contribution in [0.5, 0.6) is 5.88 Å². The first-order chi connectivity index (χ1) is 14.9. The van der Waals surface area contributed by atoms with Gasteiger partial charge in [-0.05, 0) is 66.3 Å². The lowest BCUT2D eigenvalue weighted by Crippen LogP contribution is -2.22. The number of aromatic carboxylic acids is 1. The van der Waals surface area contributed by atoms with Crippen molar-refractivity contribution >= 4 is 28.7 Å². The number of allylic oxidation sites excluding steroid dienone is 2. The van der Waals surface area contributed by atoms with Crippen molar-refractivity contribution in [3.05, 3.63) is 93.6 Å². The molecule has 1 aromatic heterocycles. The molecule has 2 aromatic carbocycles. The van der Waals surface area contributed by atoms with Crippen LogP contribution in [0.2, 0.25) is 5.02 Å². The van der Waals surface area contributed by atoms with Crippen LogP contribution in [0.25, 0.3) is 11.1 Å². The third kappa shape index (κ3) is 4.59. The van der Waals surface area contributed by atoms with Crippen LogP contribution in [0.1, 0.15) is 46.3 Å². The van der Waals surface area contributed by atoms with E-state index in [1.54, 1.807) is 24.3 Å². The van der Waals surface area contributed by atoms with Crippen molar-refractivity contribution in [2.75, 3.05) is 0 Å². The minimum atomic E-state index is -1.45. The van der Waals surface area contributed by atoms with Crippen molar-refractivity contribution in [3.8, 4) is 5.88 Å². The normalized spacial score (nSPS) is 13.5. The van der Waals surface area contributed by atoms with Gasteiger partial charge in [0.05, 0.1) is 11.0 Å². The summed E-state index contributed by atoms with van der Waals surface area (Å²) in [6, 6.07) is 11.6. The van der Waals surface area contributed by atoms with Crippen LogP contribution >= 0.6 is 11.6 Å². The number of carbonyl (C=O) groups is 1. The fourth-order valence-corrected chi connectivity index (χ4v) is 3.92. The maximum absolute atomic E-state index is 14.1. The Balaban J connectivity index is 1.75. The van der Waals surface area contributed by atoms with Crippen LogP contribution in [-0.2, 0) is 6.61 Å². The maximum atomic E-state index is 14.1. The summed E-state index contributed by atoms with van der Waals surface area (Å²) in [6.45, 7) is -0.0221. The van der Waals surface area contributed by atoms with Crippen LogP contribution in [0.15, 0.2) is 54.7 Å². The summed E-state index contributed by atoms with van der Waals surface area (Å²) in [4.78, 5) is 15.5. The standard InChI is InChI=1S/C24H18ClF2NO3/c25-17-11-21(23(28-12-17)31-13-14-4-1-2-7-22(14)27)20-6-3-5-19(20)15-8-16(24(29)30)10-18(26)9-15/h1-2,4,7-12H,3,5-6,13H2,(H,29,30)/p-1. The zero-order valence-electron chi connectivity index (χ0n) is 16.3. The molecule has 4 nitrogen and oxygen atoms in total. The highest BCUT2D eigenvalue weighted by Gasteiger charge is 2.23. The highest BCUT2D eigenvalue weighted by molar-refractivity contribution is 6.30. The quantitative estimate of drug-likeness (QED) is 0.538. The fraction of sp³-hybridized carbons (Fsp3) is 0.167. The van der Waals surface area contributed by atoms with E-state index in [1.807, 2.05) is 0 Å². The van der Waals surface area contributed by atoms with Crippen molar-refractivity contribution in [1.82, 2.24) is 4.98 Å². The molecule has 0 bridgehead atoms. The molecule has 0 radical (unpaired) electrons. The average molecular weight is 441 g/mol. The Morgan fingerprint density at radius 1 is 1.10 bits per heavy atom. The highest BCUT2D eigenvalue weighted by atomic mass is 35.5. The van der Waals surface area contributed by atoms with E-state index in [2.05, 4.69) is 4.98 Å². The predicted molar refractivity (Wildman–Crippen MR) is 111 cm³/mol. The summed E-state index contributed by atoms with van der Waals surface area (Å²) >= 11 is 6.18. The number of pyridine rings is 1. The Hall–Kier alpha value is -3.25. The van der Waals surface area contributed by atoms with E-state index < -0.39 is 11.8 Å². The molecule has 0 aliphatic heterocycles. The van der Waals surface area contributed by atoms with Gasteiger partial charge in [-0.15, -0.1) is 0 Å². The highest BCUT2D eigenvalue weighted by Crippen LogP contribution is 2.43. The summed E-state index contributed by atoms with van der Waals surface area (Å²) < 4.78 is 33.8. The van der Waals surface area contributed by atoms with E-state index in [0.29, 0.717) is 34.6 Å². The van der Waals surface area contributed by atoms with Gasteiger partial charge in [-0.3, -0.25) is 0 Å². The molecule has 1 aliphatic carbocycles. The van der Waals surface area contributed by atoms with E-state index >= 15 is 0 Å². The molecule has 3 aromatic rings. The molecule has 7 heteroatoms. The second kappa shape index (κ2) is 8.86. The van der Waals surface area contributed by atoms with Crippen LogP contribution in [0.3, 0.4) is 0 Å². The molecule has 0 fully saturated rings. The molecule has 31 heavy (non-hydrogen) atoms. The lowest BCUT2D eigenvalue weighted by Gasteiger charge is -2.15. The first-order valence-corrected chi connectivity index (χ1v) is 10.1. The molecule has 1 aliphatic rings. The van der Waals surface area contributed by atoms with Crippen molar-refractivity contribution in [1.29, 1.82) is 0 Å². The molecule has 0 saturated carbocycles. The van der Waals surface area contributed by atoms with Crippen LogP contribution < -0.4 is 9.84 Å². The zero-order valence-corrected chi connectivity index (χ0v) is 17.1. The van der Waals surface area contributed by atoms with Gasteiger partial charge >= 0.3 is 0 Å². The summed E-state index contributed by atoms with van der Waals surface area (Å²) in [5.74, 6) is -2.21. The molecule has 4 rings (SSSR count). The van der Waals surface area contributed by atoms with Gasteiger partial charge in [-0.2, -0.15) is 0 Å². The number of ether oxygens (including phenoxy) is 1. The lowest BCUT2D eigenvalue weighted by atomic mass is 9.96. The Labute approximate surface area is 182 Å². The number of benzene rings is 2. The number of carboxylic acids is 1. The number of carbonyl (C=O) groups excluding carboxylic acids is 1. The molecule has 0 unspecified atom stereocenters. The lowest BCUT2D eigenvalue weighted by molar-refractivity contribution is -0.255. The summed E-state index contributed by atoms with van der Waals surface area (Å²) in [5, 5.41) is 11.6. The van der Waals surface area contributed by atoms with E-state index in [9.17, 15) is 18.7 Å². The summed E-state index contributed by atoms with van der Waals surface area (Å²) in [6.07, 6.45) is 3.52. The molecule has 0 amide bonds. The first kappa shape index (κ1) is 21.0. The summed E-state index contributed by atoms with van der Waals surface area (Å²) in [7, 11) is 0. The largest absolute Gasteiger partial charge is 0.545 e. The number of nitrogens with zero attached hydrogens (tertiary/aromatic N) is 1. The van der Waals surface area contributed by atoms with Crippen LogP contribution in [0.4, 0.5) is 8.78 Å². The van der Waals surface area contributed by atoms with Crippen molar-refractivity contribution < 1.29 is 23.4 Å². The number of aromatic nitrogens is 1.